The van der Waals surface area contributed by atoms with Crippen LogP contribution < -0.4 is 10.9 Å². The van der Waals surface area contributed by atoms with Crippen molar-refractivity contribution in [3.8, 4) is 11.3 Å². The Bertz CT molecular complexity index is 1370. The maximum absolute atomic E-state index is 12.9. The van der Waals surface area contributed by atoms with Gasteiger partial charge in [0, 0.05) is 34.9 Å². The van der Waals surface area contributed by atoms with Gasteiger partial charge in [-0.3, -0.25) is 14.9 Å². The maximum Gasteiger partial charge on any atom is 0.257 e. The fourth-order valence-corrected chi connectivity index (χ4v) is 3.99. The van der Waals surface area contributed by atoms with Crippen LogP contribution >= 0.6 is 15.9 Å². The van der Waals surface area contributed by atoms with Gasteiger partial charge in [-0.2, -0.15) is 0 Å². The van der Waals surface area contributed by atoms with Crippen molar-refractivity contribution in [1.82, 2.24) is 14.1 Å². The van der Waals surface area contributed by atoms with E-state index in [-0.39, 0.29) is 11.5 Å². The minimum absolute atomic E-state index is 0.0825. The van der Waals surface area contributed by atoms with Crippen molar-refractivity contribution >= 4 is 27.8 Å². The number of imidazole rings is 1. The highest BCUT2D eigenvalue weighted by Gasteiger charge is 2.15. The molecule has 0 unspecified atom stereocenters. The molecule has 0 radical (unpaired) electrons. The van der Waals surface area contributed by atoms with E-state index in [0.717, 1.165) is 26.9 Å². The van der Waals surface area contributed by atoms with E-state index in [0.29, 0.717) is 18.1 Å². The van der Waals surface area contributed by atoms with Gasteiger partial charge in [-0.25, -0.2) is 4.98 Å². The number of nitrogens with one attached hydrogen (secondary N) is 1. The largest absolute Gasteiger partial charge is 0.313 e. The standard InChI is InChI=1S/C25H23BrN4O2/c1-16-11-17(2)21(26)13-20(16)22-14-27-25(29(22)3)28-24(32)19-8-6-7-18(12-19)15-30-10-5-4-9-23(30)31/h4-14H,15H2,1-3H3,(H,27,28,32). The van der Waals surface area contributed by atoms with Gasteiger partial charge in [0.05, 0.1) is 18.4 Å². The molecule has 0 aliphatic heterocycles. The number of aromatic nitrogens is 3. The van der Waals surface area contributed by atoms with Crippen LogP contribution in [-0.2, 0) is 13.6 Å². The van der Waals surface area contributed by atoms with Crippen LogP contribution in [0.5, 0.6) is 0 Å². The normalized spacial score (nSPS) is 10.9. The molecule has 2 heterocycles. The molecule has 0 saturated heterocycles. The lowest BCUT2D eigenvalue weighted by Gasteiger charge is -2.12. The number of halogens is 1. The van der Waals surface area contributed by atoms with Crippen LogP contribution in [0.3, 0.4) is 0 Å². The third-order valence-corrected chi connectivity index (χ3v) is 6.29. The molecule has 0 atom stereocenters. The van der Waals surface area contributed by atoms with Gasteiger partial charge in [0.1, 0.15) is 0 Å². The molecule has 0 saturated carbocycles. The summed E-state index contributed by atoms with van der Waals surface area (Å²) in [6, 6.07) is 16.5. The molecule has 0 bridgehead atoms. The number of anilines is 1. The summed E-state index contributed by atoms with van der Waals surface area (Å²) in [5.74, 6) is 0.208. The molecule has 1 N–H and O–H groups in total. The van der Waals surface area contributed by atoms with Crippen LogP contribution in [0.4, 0.5) is 5.95 Å². The highest BCUT2D eigenvalue weighted by atomic mass is 79.9. The second-order valence-corrected chi connectivity index (χ2v) is 8.62. The lowest BCUT2D eigenvalue weighted by Crippen LogP contribution is -2.19. The zero-order valence-electron chi connectivity index (χ0n) is 18.1. The molecule has 0 aliphatic rings. The van der Waals surface area contributed by atoms with Crippen LogP contribution in [-0.4, -0.2) is 20.0 Å². The topological polar surface area (TPSA) is 68.9 Å². The van der Waals surface area contributed by atoms with Gasteiger partial charge >= 0.3 is 0 Å². The lowest BCUT2D eigenvalue weighted by atomic mass is 10.0. The Morgan fingerprint density at radius 1 is 1.06 bits per heavy atom. The zero-order valence-corrected chi connectivity index (χ0v) is 19.7. The fourth-order valence-electron chi connectivity index (χ4n) is 3.65. The third-order valence-electron chi connectivity index (χ3n) is 5.44. The molecule has 162 valence electrons. The highest BCUT2D eigenvalue weighted by molar-refractivity contribution is 9.10. The van der Waals surface area contributed by atoms with E-state index in [9.17, 15) is 9.59 Å². The first-order valence-corrected chi connectivity index (χ1v) is 11.0. The molecular weight excluding hydrogens is 468 g/mol. The van der Waals surface area contributed by atoms with Crippen LogP contribution in [0.1, 0.15) is 27.0 Å². The molecule has 2 aromatic heterocycles. The zero-order chi connectivity index (χ0) is 22.8. The van der Waals surface area contributed by atoms with E-state index in [4.69, 9.17) is 0 Å². The fraction of sp³-hybridized carbons (Fsp3) is 0.160. The Kier molecular flexibility index (Phi) is 6.10. The van der Waals surface area contributed by atoms with E-state index < -0.39 is 0 Å². The first-order chi connectivity index (χ1) is 15.3. The molecule has 7 heteroatoms. The second-order valence-electron chi connectivity index (χ2n) is 7.76. The van der Waals surface area contributed by atoms with Crippen LogP contribution in [0, 0.1) is 13.8 Å². The minimum atomic E-state index is -0.255. The Hall–Kier alpha value is -3.45. The predicted molar refractivity (Wildman–Crippen MR) is 130 cm³/mol. The lowest BCUT2D eigenvalue weighted by molar-refractivity contribution is 0.102. The third kappa shape index (κ3) is 4.43. The van der Waals surface area contributed by atoms with Gasteiger partial charge in [-0.1, -0.05) is 40.2 Å². The summed E-state index contributed by atoms with van der Waals surface area (Å²) in [5.41, 5.74) is 5.55. The molecule has 0 spiro atoms. The van der Waals surface area contributed by atoms with Crippen LogP contribution in [0.25, 0.3) is 11.3 Å². The summed E-state index contributed by atoms with van der Waals surface area (Å²) in [7, 11) is 1.88. The number of nitrogens with zero attached hydrogens (tertiary/aromatic N) is 3. The maximum atomic E-state index is 12.9. The van der Waals surface area contributed by atoms with Crippen molar-refractivity contribution in [2.24, 2.45) is 7.05 Å². The molecule has 4 aromatic rings. The molecule has 1 amide bonds. The molecule has 6 nitrogen and oxygen atoms in total. The number of pyridine rings is 1. The van der Waals surface area contributed by atoms with Gasteiger partial charge in [0.2, 0.25) is 5.95 Å². The average Bonchev–Trinajstić information content (AvgIpc) is 3.12. The Balaban J connectivity index is 1.56. The molecule has 2 aromatic carbocycles. The van der Waals surface area contributed by atoms with Crippen molar-refractivity contribution in [1.29, 1.82) is 0 Å². The summed E-state index contributed by atoms with van der Waals surface area (Å²) < 4.78 is 4.50. The number of benzene rings is 2. The molecule has 0 fully saturated rings. The number of amides is 1. The Morgan fingerprint density at radius 3 is 2.66 bits per heavy atom. The minimum Gasteiger partial charge on any atom is -0.313 e. The quantitative estimate of drug-likeness (QED) is 0.431. The first-order valence-electron chi connectivity index (χ1n) is 10.2. The molecular formula is C25H23BrN4O2. The van der Waals surface area contributed by atoms with Crippen molar-refractivity contribution < 1.29 is 4.79 Å². The monoisotopic (exact) mass is 490 g/mol. The van der Waals surface area contributed by atoms with E-state index in [2.05, 4.69) is 52.2 Å². The predicted octanol–water partition coefficient (Wildman–Crippen LogP) is 4.93. The number of carbonyl (C=O) groups is 1. The van der Waals surface area contributed by atoms with E-state index in [1.54, 1.807) is 35.2 Å². The first kappa shape index (κ1) is 21.8. The van der Waals surface area contributed by atoms with E-state index in [1.807, 2.05) is 29.8 Å². The van der Waals surface area contributed by atoms with Gasteiger partial charge in [-0.15, -0.1) is 0 Å². The van der Waals surface area contributed by atoms with Gasteiger partial charge < -0.3 is 9.13 Å². The second kappa shape index (κ2) is 8.96. The number of hydrogen-bond acceptors (Lipinski definition) is 3. The van der Waals surface area contributed by atoms with E-state index in [1.165, 1.54) is 11.6 Å². The number of carbonyl (C=O) groups excluding carboxylic acids is 1. The summed E-state index contributed by atoms with van der Waals surface area (Å²) in [6.07, 6.45) is 3.49. The highest BCUT2D eigenvalue weighted by Crippen LogP contribution is 2.30. The Labute approximate surface area is 194 Å². The van der Waals surface area contributed by atoms with Gasteiger partial charge in [0.25, 0.3) is 11.5 Å². The van der Waals surface area contributed by atoms with Crippen LogP contribution in [0.15, 0.2) is 76.3 Å². The number of aryl methyl sites for hydroxylation is 2. The molecule has 4 rings (SSSR count). The van der Waals surface area contributed by atoms with Gasteiger partial charge in [-0.05, 0) is 54.8 Å². The average molecular weight is 491 g/mol. The summed E-state index contributed by atoms with van der Waals surface area (Å²) in [4.78, 5) is 29.3. The smallest absolute Gasteiger partial charge is 0.257 e. The Morgan fingerprint density at radius 2 is 1.88 bits per heavy atom. The summed E-state index contributed by atoms with van der Waals surface area (Å²) >= 11 is 3.59. The van der Waals surface area contributed by atoms with Crippen molar-refractivity contribution in [2.75, 3.05) is 5.32 Å². The number of rotatable bonds is 5. The van der Waals surface area contributed by atoms with Crippen LogP contribution in [0.2, 0.25) is 0 Å². The summed E-state index contributed by atoms with van der Waals surface area (Å²) in [5, 5.41) is 2.90. The SMILES string of the molecule is Cc1cc(C)c(-c2cnc(NC(=O)c3cccc(Cn4ccccc4=O)c3)n2C)cc1Br. The van der Waals surface area contributed by atoms with Crippen molar-refractivity contribution in [3.05, 3.63) is 104 Å². The van der Waals surface area contributed by atoms with Gasteiger partial charge in [0.15, 0.2) is 0 Å². The van der Waals surface area contributed by atoms with Crippen molar-refractivity contribution in [3.63, 3.8) is 0 Å². The van der Waals surface area contributed by atoms with E-state index >= 15 is 0 Å². The molecule has 0 aliphatic carbocycles. The van der Waals surface area contributed by atoms with Crippen molar-refractivity contribution in [2.45, 2.75) is 20.4 Å². The molecule has 32 heavy (non-hydrogen) atoms. The number of hydrogen-bond donors (Lipinski definition) is 1. The summed E-state index contributed by atoms with van der Waals surface area (Å²) in [6.45, 7) is 4.51.